The minimum Gasteiger partial charge on any atom is -0.326 e. The van der Waals surface area contributed by atoms with Gasteiger partial charge in [0.05, 0.1) is 5.25 Å². The largest absolute Gasteiger partial charge is 0.326 e. The number of nitrogens with one attached hydrogen (secondary N) is 1. The minimum atomic E-state index is -0.323. The lowest BCUT2D eigenvalue weighted by atomic mass is 9.92. The molecule has 1 unspecified atom stereocenters. The van der Waals surface area contributed by atoms with E-state index in [1.807, 2.05) is 113 Å². The number of hydrogen-bond acceptors (Lipinski definition) is 3. The Kier molecular flexibility index (Phi) is 7.75. The number of thioether (sulfide) groups is 1. The van der Waals surface area contributed by atoms with Crippen molar-refractivity contribution >= 4 is 40.6 Å². The van der Waals surface area contributed by atoms with Crippen LogP contribution in [0.3, 0.4) is 0 Å². The van der Waals surface area contributed by atoms with Crippen molar-refractivity contribution in [2.45, 2.75) is 44.3 Å². The number of para-hydroxylation sites is 2. The maximum Gasteiger partial charge on any atom is 0.244 e. The average Bonchev–Trinajstić information content (AvgIpc) is 2.74. The summed E-state index contributed by atoms with van der Waals surface area (Å²) < 4.78 is 0. The molecule has 0 saturated carbocycles. The smallest absolute Gasteiger partial charge is 0.244 e. The summed E-state index contributed by atoms with van der Waals surface area (Å²) in [5.74, 6) is -0.0160. The first-order chi connectivity index (χ1) is 15.2. The Morgan fingerprint density at radius 2 is 1.44 bits per heavy atom. The van der Waals surface area contributed by atoms with E-state index >= 15 is 0 Å². The van der Waals surface area contributed by atoms with Crippen molar-refractivity contribution < 1.29 is 9.59 Å². The lowest BCUT2D eigenvalue weighted by Crippen LogP contribution is -2.32. The maximum absolute atomic E-state index is 13.5. The van der Waals surface area contributed by atoms with Gasteiger partial charge < -0.3 is 5.32 Å². The highest BCUT2D eigenvalue weighted by Crippen LogP contribution is 2.32. The molecule has 0 aromatic heterocycles. The molecule has 0 bridgehead atoms. The molecule has 0 heterocycles. The molecule has 3 aromatic carbocycles. The number of carbonyl (C=O) groups excluding carboxylic acids is 2. The summed E-state index contributed by atoms with van der Waals surface area (Å²) in [5, 5.41) is 2.64. The second kappa shape index (κ2) is 10.5. The Morgan fingerprint density at radius 3 is 1.97 bits per heavy atom. The first kappa shape index (κ1) is 23.6. The molecule has 4 nitrogen and oxygen atoms in total. The second-order valence-corrected chi connectivity index (χ2v) is 10.3. The van der Waals surface area contributed by atoms with Gasteiger partial charge in [0.1, 0.15) is 0 Å². The molecule has 0 spiro atoms. The van der Waals surface area contributed by atoms with E-state index in [9.17, 15) is 9.59 Å². The molecule has 32 heavy (non-hydrogen) atoms. The van der Waals surface area contributed by atoms with Gasteiger partial charge >= 0.3 is 0 Å². The van der Waals surface area contributed by atoms with Gasteiger partial charge in [-0.05, 0) is 54.8 Å². The van der Waals surface area contributed by atoms with Crippen molar-refractivity contribution in [3.05, 3.63) is 84.9 Å². The van der Waals surface area contributed by atoms with Gasteiger partial charge in [-0.1, -0.05) is 63.2 Å². The molecule has 3 aromatic rings. The highest BCUT2D eigenvalue weighted by molar-refractivity contribution is 8.00. The van der Waals surface area contributed by atoms with Crippen molar-refractivity contribution in [1.29, 1.82) is 0 Å². The van der Waals surface area contributed by atoms with Crippen LogP contribution in [0.25, 0.3) is 0 Å². The zero-order valence-corrected chi connectivity index (χ0v) is 19.9. The molecule has 2 amide bonds. The Hall–Kier alpha value is -3.05. The maximum atomic E-state index is 13.5. The van der Waals surface area contributed by atoms with Gasteiger partial charge in [-0.3, -0.25) is 14.5 Å². The Labute approximate surface area is 195 Å². The lowest BCUT2D eigenvalue weighted by Gasteiger charge is -2.26. The van der Waals surface area contributed by atoms with Gasteiger partial charge in [0.15, 0.2) is 0 Å². The zero-order valence-electron chi connectivity index (χ0n) is 19.0. The molecule has 0 aliphatic rings. The predicted octanol–water partition coefficient (Wildman–Crippen LogP) is 6.91. The van der Waals surface area contributed by atoms with E-state index in [1.54, 1.807) is 4.90 Å². The van der Waals surface area contributed by atoms with E-state index in [-0.39, 0.29) is 22.5 Å². The van der Waals surface area contributed by atoms with E-state index in [2.05, 4.69) is 5.32 Å². The molecule has 3 rings (SSSR count). The lowest BCUT2D eigenvalue weighted by molar-refractivity contribution is -0.118. The number of hydrogen-bond donors (Lipinski definition) is 1. The number of carbonyl (C=O) groups is 2. The number of benzene rings is 3. The van der Waals surface area contributed by atoms with Crippen molar-refractivity contribution in [3.63, 3.8) is 0 Å². The Balaban J connectivity index is 1.76. The van der Waals surface area contributed by atoms with E-state index in [0.29, 0.717) is 6.42 Å². The van der Waals surface area contributed by atoms with E-state index in [0.717, 1.165) is 22.0 Å². The quantitative estimate of drug-likeness (QED) is 0.401. The standard InChI is InChI=1S/C27H30N2O2S/c1-20(32-24-17-11-12-21(18-24)28-25(30)19-27(2,3)4)26(31)29(22-13-7-5-8-14-22)23-15-9-6-10-16-23/h5-18,20H,19H2,1-4H3,(H,28,30). The first-order valence-electron chi connectivity index (χ1n) is 10.7. The fourth-order valence-electron chi connectivity index (χ4n) is 3.33. The highest BCUT2D eigenvalue weighted by Gasteiger charge is 2.24. The average molecular weight is 447 g/mol. The Morgan fingerprint density at radius 1 is 0.875 bits per heavy atom. The third-order valence-electron chi connectivity index (χ3n) is 4.72. The highest BCUT2D eigenvalue weighted by atomic mass is 32.2. The molecular weight excluding hydrogens is 416 g/mol. The third kappa shape index (κ3) is 6.72. The van der Waals surface area contributed by atoms with Crippen LogP contribution in [0.1, 0.15) is 34.1 Å². The van der Waals surface area contributed by atoms with Crippen LogP contribution in [0, 0.1) is 5.41 Å². The monoisotopic (exact) mass is 446 g/mol. The predicted molar refractivity (Wildman–Crippen MR) is 134 cm³/mol. The molecule has 0 fully saturated rings. The van der Waals surface area contributed by atoms with Crippen LogP contribution in [0.2, 0.25) is 0 Å². The summed E-state index contributed by atoms with van der Waals surface area (Å²) >= 11 is 1.48. The topological polar surface area (TPSA) is 49.4 Å². The zero-order chi connectivity index (χ0) is 23.1. The van der Waals surface area contributed by atoms with Gasteiger partial charge in [-0.2, -0.15) is 0 Å². The van der Waals surface area contributed by atoms with Gasteiger partial charge in [-0.15, -0.1) is 11.8 Å². The van der Waals surface area contributed by atoms with Gasteiger partial charge in [0, 0.05) is 28.4 Å². The number of amides is 2. The molecule has 0 saturated heterocycles. The van der Waals surface area contributed by atoms with Crippen LogP contribution in [0.5, 0.6) is 0 Å². The number of anilines is 3. The van der Waals surface area contributed by atoms with Crippen LogP contribution < -0.4 is 10.2 Å². The van der Waals surface area contributed by atoms with Crippen molar-refractivity contribution in [3.8, 4) is 0 Å². The summed E-state index contributed by atoms with van der Waals surface area (Å²) in [4.78, 5) is 28.5. The molecular formula is C27H30N2O2S. The molecule has 0 aliphatic heterocycles. The van der Waals surface area contributed by atoms with Crippen LogP contribution in [0.15, 0.2) is 89.8 Å². The van der Waals surface area contributed by atoms with Gasteiger partial charge in [0.25, 0.3) is 0 Å². The van der Waals surface area contributed by atoms with Crippen LogP contribution in [0.4, 0.5) is 17.1 Å². The summed E-state index contributed by atoms with van der Waals surface area (Å²) in [7, 11) is 0. The summed E-state index contributed by atoms with van der Waals surface area (Å²) in [6.07, 6.45) is 0.447. The fourth-order valence-corrected chi connectivity index (χ4v) is 4.29. The number of rotatable bonds is 7. The molecule has 166 valence electrons. The van der Waals surface area contributed by atoms with Crippen LogP contribution in [-0.2, 0) is 9.59 Å². The van der Waals surface area contributed by atoms with E-state index in [4.69, 9.17) is 0 Å². The van der Waals surface area contributed by atoms with Crippen molar-refractivity contribution in [1.82, 2.24) is 0 Å². The van der Waals surface area contributed by atoms with Crippen LogP contribution >= 0.6 is 11.8 Å². The number of nitrogens with zero attached hydrogens (tertiary/aromatic N) is 1. The van der Waals surface area contributed by atoms with Gasteiger partial charge in [-0.25, -0.2) is 0 Å². The first-order valence-corrected chi connectivity index (χ1v) is 11.6. The van der Waals surface area contributed by atoms with E-state index < -0.39 is 0 Å². The summed E-state index contributed by atoms with van der Waals surface area (Å²) in [6, 6.07) is 27.0. The minimum absolute atomic E-state index is 0.00503. The van der Waals surface area contributed by atoms with Crippen molar-refractivity contribution in [2.75, 3.05) is 10.2 Å². The molecule has 1 N–H and O–H groups in total. The Bertz CT molecular complexity index is 1010. The molecule has 5 heteroatoms. The third-order valence-corrected chi connectivity index (χ3v) is 5.80. The second-order valence-electron chi connectivity index (χ2n) is 8.92. The normalized spacial score (nSPS) is 12.1. The molecule has 1 atom stereocenters. The van der Waals surface area contributed by atoms with Crippen LogP contribution in [-0.4, -0.2) is 17.1 Å². The SMILES string of the molecule is CC(Sc1cccc(NC(=O)CC(C)(C)C)c1)C(=O)N(c1ccccc1)c1ccccc1. The summed E-state index contributed by atoms with van der Waals surface area (Å²) in [5.41, 5.74) is 2.33. The summed E-state index contributed by atoms with van der Waals surface area (Å²) in [6.45, 7) is 8.03. The van der Waals surface area contributed by atoms with Gasteiger partial charge in [0.2, 0.25) is 11.8 Å². The van der Waals surface area contributed by atoms with E-state index in [1.165, 1.54) is 11.8 Å². The fraction of sp³-hybridized carbons (Fsp3) is 0.259. The molecule has 0 radical (unpaired) electrons. The molecule has 0 aliphatic carbocycles. The van der Waals surface area contributed by atoms with Crippen molar-refractivity contribution in [2.24, 2.45) is 5.41 Å².